The first-order valence-electron chi connectivity index (χ1n) is 5.88. The van der Waals surface area contributed by atoms with E-state index in [1.807, 2.05) is 23.9 Å². The van der Waals surface area contributed by atoms with Gasteiger partial charge in [-0.3, -0.25) is 0 Å². The normalized spacial score (nSPS) is 17.0. The molecule has 1 aliphatic rings. The number of halogens is 1. The predicted octanol–water partition coefficient (Wildman–Crippen LogP) is 3.84. The van der Waals surface area contributed by atoms with Crippen LogP contribution in [0.25, 0.3) is 0 Å². The van der Waals surface area contributed by atoms with Gasteiger partial charge in [0.15, 0.2) is 0 Å². The van der Waals surface area contributed by atoms with Gasteiger partial charge in [-0.1, -0.05) is 6.42 Å². The van der Waals surface area contributed by atoms with Crippen molar-refractivity contribution < 1.29 is 9.90 Å². The van der Waals surface area contributed by atoms with E-state index in [4.69, 9.17) is 5.11 Å². The van der Waals surface area contributed by atoms with E-state index in [1.165, 1.54) is 19.3 Å². The molecule has 0 unspecified atom stereocenters. The van der Waals surface area contributed by atoms with E-state index in [9.17, 15) is 4.79 Å². The second kappa shape index (κ2) is 5.53. The number of nitrogens with one attached hydrogen (secondary N) is 1. The molecule has 1 saturated carbocycles. The number of carboxylic acids is 1. The molecule has 0 atom stereocenters. The molecule has 0 amide bonds. The fourth-order valence-corrected chi connectivity index (χ4v) is 3.55. The Balaban J connectivity index is 2.02. The summed E-state index contributed by atoms with van der Waals surface area (Å²) in [7, 11) is 0. The summed E-state index contributed by atoms with van der Waals surface area (Å²) in [5.74, 6) is -0.909. The molecule has 0 aromatic heterocycles. The molecule has 98 valence electrons. The molecule has 1 aromatic rings. The number of hydrogen-bond donors (Lipinski definition) is 2. The zero-order valence-corrected chi connectivity index (χ0v) is 12.6. The van der Waals surface area contributed by atoms with Gasteiger partial charge in [0, 0.05) is 21.5 Å². The summed E-state index contributed by atoms with van der Waals surface area (Å²) in [6, 6.07) is 5.28. The van der Waals surface area contributed by atoms with Crippen LogP contribution in [0.2, 0.25) is 0 Å². The first kappa shape index (κ1) is 13.7. The van der Waals surface area contributed by atoms with Crippen LogP contribution in [0.1, 0.15) is 29.6 Å². The number of carbonyl (C=O) groups is 1. The first-order valence-corrected chi connectivity index (χ1v) is 7.90. The maximum absolute atomic E-state index is 10.9. The molecular formula is C13H16BrNO2S. The molecular weight excluding hydrogens is 314 g/mol. The van der Waals surface area contributed by atoms with Crippen LogP contribution >= 0.6 is 27.7 Å². The maximum Gasteiger partial charge on any atom is 0.336 e. The quantitative estimate of drug-likeness (QED) is 0.861. The van der Waals surface area contributed by atoms with E-state index in [0.717, 1.165) is 12.2 Å². The van der Waals surface area contributed by atoms with Crippen LogP contribution in [0.4, 0.5) is 5.69 Å². The molecule has 18 heavy (non-hydrogen) atoms. The van der Waals surface area contributed by atoms with Gasteiger partial charge in [-0.05, 0) is 53.2 Å². The summed E-state index contributed by atoms with van der Waals surface area (Å²) in [6.07, 6.45) is 5.99. The highest BCUT2D eigenvalue weighted by Crippen LogP contribution is 2.42. The highest BCUT2D eigenvalue weighted by Gasteiger charge is 2.35. The molecule has 5 heteroatoms. The number of rotatable bonds is 5. The molecule has 0 saturated heterocycles. The number of aromatic carboxylic acids is 1. The summed E-state index contributed by atoms with van der Waals surface area (Å²) in [5, 5.41) is 12.3. The molecule has 0 aliphatic heterocycles. The van der Waals surface area contributed by atoms with Crippen molar-refractivity contribution >= 4 is 39.3 Å². The van der Waals surface area contributed by atoms with Crippen molar-refractivity contribution in [2.75, 3.05) is 18.1 Å². The average molecular weight is 330 g/mol. The lowest BCUT2D eigenvalue weighted by Crippen LogP contribution is -2.40. The minimum atomic E-state index is -0.909. The minimum absolute atomic E-state index is 0.295. The van der Waals surface area contributed by atoms with E-state index in [-0.39, 0.29) is 0 Å². The SMILES string of the molecule is CSC1(CNc2ccc(C(=O)O)c(Br)c2)CCC1. The van der Waals surface area contributed by atoms with Crippen LogP contribution < -0.4 is 5.32 Å². The third-order valence-electron chi connectivity index (χ3n) is 3.51. The molecule has 1 fully saturated rings. The molecule has 0 spiro atoms. The lowest BCUT2D eigenvalue weighted by Gasteiger charge is -2.40. The van der Waals surface area contributed by atoms with Crippen molar-refractivity contribution in [3.63, 3.8) is 0 Å². The Bertz CT molecular complexity index is 455. The summed E-state index contributed by atoms with van der Waals surface area (Å²) < 4.78 is 0.990. The van der Waals surface area contributed by atoms with Crippen LogP contribution in [0.15, 0.2) is 22.7 Å². The Morgan fingerprint density at radius 3 is 2.72 bits per heavy atom. The summed E-state index contributed by atoms with van der Waals surface area (Å²) >= 11 is 5.21. The standard InChI is InChI=1S/C13H16BrNO2S/c1-18-13(5-2-6-13)8-15-9-3-4-10(12(16)17)11(14)7-9/h3-4,7,15H,2,5-6,8H2,1H3,(H,16,17). The van der Waals surface area contributed by atoms with Crippen molar-refractivity contribution in [2.45, 2.75) is 24.0 Å². The maximum atomic E-state index is 10.9. The van der Waals surface area contributed by atoms with Gasteiger partial charge in [-0.25, -0.2) is 4.79 Å². The second-order valence-electron chi connectivity index (χ2n) is 4.59. The van der Waals surface area contributed by atoms with E-state index < -0.39 is 5.97 Å². The molecule has 0 bridgehead atoms. The Labute approximate surface area is 119 Å². The minimum Gasteiger partial charge on any atom is -0.478 e. The van der Waals surface area contributed by atoms with Gasteiger partial charge in [-0.15, -0.1) is 0 Å². The number of carboxylic acid groups (broad SMARTS) is 1. The Morgan fingerprint density at radius 1 is 1.56 bits per heavy atom. The smallest absolute Gasteiger partial charge is 0.336 e. The van der Waals surface area contributed by atoms with Gasteiger partial charge in [0.05, 0.1) is 5.56 Å². The van der Waals surface area contributed by atoms with E-state index in [0.29, 0.717) is 14.8 Å². The Hall–Kier alpha value is -0.680. The van der Waals surface area contributed by atoms with Crippen molar-refractivity contribution in [2.24, 2.45) is 0 Å². The lowest BCUT2D eigenvalue weighted by molar-refractivity contribution is 0.0696. The third-order valence-corrected chi connectivity index (χ3v) is 5.59. The fourth-order valence-electron chi connectivity index (χ4n) is 2.09. The topological polar surface area (TPSA) is 49.3 Å². The van der Waals surface area contributed by atoms with Crippen LogP contribution in [-0.2, 0) is 0 Å². The Kier molecular flexibility index (Phi) is 4.22. The van der Waals surface area contributed by atoms with E-state index in [1.54, 1.807) is 6.07 Å². The van der Waals surface area contributed by atoms with Gasteiger partial charge in [0.2, 0.25) is 0 Å². The predicted molar refractivity (Wildman–Crippen MR) is 79.7 cm³/mol. The van der Waals surface area contributed by atoms with Crippen molar-refractivity contribution in [3.05, 3.63) is 28.2 Å². The first-order chi connectivity index (χ1) is 8.56. The Morgan fingerprint density at radius 2 is 2.28 bits per heavy atom. The highest BCUT2D eigenvalue weighted by atomic mass is 79.9. The fraction of sp³-hybridized carbons (Fsp3) is 0.462. The lowest BCUT2D eigenvalue weighted by atomic mass is 9.84. The largest absolute Gasteiger partial charge is 0.478 e. The zero-order chi connectivity index (χ0) is 13.2. The monoisotopic (exact) mass is 329 g/mol. The number of anilines is 1. The molecule has 2 N–H and O–H groups in total. The van der Waals surface area contributed by atoms with Gasteiger partial charge in [0.25, 0.3) is 0 Å². The second-order valence-corrected chi connectivity index (χ2v) is 6.72. The average Bonchev–Trinajstić information content (AvgIpc) is 2.27. The van der Waals surface area contributed by atoms with Gasteiger partial charge < -0.3 is 10.4 Å². The molecule has 3 nitrogen and oxygen atoms in total. The van der Waals surface area contributed by atoms with Gasteiger partial charge in [0.1, 0.15) is 0 Å². The van der Waals surface area contributed by atoms with Gasteiger partial charge >= 0.3 is 5.97 Å². The summed E-state index contributed by atoms with van der Waals surface area (Å²) in [4.78, 5) is 10.9. The molecule has 2 rings (SSSR count). The third kappa shape index (κ3) is 2.83. The molecule has 0 heterocycles. The van der Waals surface area contributed by atoms with Gasteiger partial charge in [-0.2, -0.15) is 11.8 Å². The van der Waals surface area contributed by atoms with Crippen LogP contribution in [0.5, 0.6) is 0 Å². The molecule has 1 aromatic carbocycles. The van der Waals surface area contributed by atoms with Crippen LogP contribution in [-0.4, -0.2) is 28.6 Å². The molecule has 0 radical (unpaired) electrons. The number of benzene rings is 1. The van der Waals surface area contributed by atoms with Crippen LogP contribution in [0.3, 0.4) is 0 Å². The van der Waals surface area contributed by atoms with Crippen LogP contribution in [0, 0.1) is 0 Å². The summed E-state index contributed by atoms with van der Waals surface area (Å²) in [6.45, 7) is 0.938. The number of hydrogen-bond acceptors (Lipinski definition) is 3. The highest BCUT2D eigenvalue weighted by molar-refractivity contribution is 9.10. The molecule has 1 aliphatic carbocycles. The van der Waals surface area contributed by atoms with E-state index >= 15 is 0 Å². The van der Waals surface area contributed by atoms with E-state index in [2.05, 4.69) is 27.5 Å². The summed E-state index contributed by atoms with van der Waals surface area (Å²) in [5.41, 5.74) is 1.26. The number of thioether (sulfide) groups is 1. The van der Waals surface area contributed by atoms with Crippen molar-refractivity contribution in [1.82, 2.24) is 0 Å². The van der Waals surface area contributed by atoms with Crippen molar-refractivity contribution in [3.8, 4) is 0 Å². The zero-order valence-electron chi connectivity index (χ0n) is 10.2. The van der Waals surface area contributed by atoms with Crippen molar-refractivity contribution in [1.29, 1.82) is 0 Å².